The van der Waals surface area contributed by atoms with Crippen molar-refractivity contribution in [1.29, 1.82) is 0 Å². The Morgan fingerprint density at radius 3 is 2.35 bits per heavy atom. The van der Waals surface area contributed by atoms with Gasteiger partial charge in [0.05, 0.1) is 12.7 Å². The van der Waals surface area contributed by atoms with Gasteiger partial charge in [0.2, 0.25) is 5.88 Å². The van der Waals surface area contributed by atoms with Gasteiger partial charge in [-0.3, -0.25) is 9.52 Å². The molecular weight excluding hydrogens is 502 g/mol. The zero-order valence-corrected chi connectivity index (χ0v) is 20.6. The highest BCUT2D eigenvalue weighted by atomic mass is 32.2. The van der Waals surface area contributed by atoms with E-state index in [4.69, 9.17) is 4.74 Å². The summed E-state index contributed by atoms with van der Waals surface area (Å²) >= 11 is 0. The Morgan fingerprint density at radius 1 is 0.919 bits per heavy atom. The van der Waals surface area contributed by atoms with Crippen molar-refractivity contribution < 1.29 is 26.7 Å². The number of hydrogen-bond donors (Lipinski definition) is 3. The second-order valence-corrected chi connectivity index (χ2v) is 9.44. The minimum absolute atomic E-state index is 0.0660. The van der Waals surface area contributed by atoms with Crippen LogP contribution in [0.2, 0.25) is 0 Å². The first-order valence-electron chi connectivity index (χ1n) is 10.9. The van der Waals surface area contributed by atoms with Crippen molar-refractivity contribution in [2.75, 3.05) is 29.5 Å². The molecule has 4 aromatic rings. The van der Waals surface area contributed by atoms with Crippen LogP contribution in [0.5, 0.6) is 5.88 Å². The number of nitrogens with one attached hydrogen (secondary N) is 3. The third kappa shape index (κ3) is 5.67. The fourth-order valence-corrected chi connectivity index (χ4v) is 4.70. The molecule has 0 saturated carbocycles. The Balaban J connectivity index is 1.70. The van der Waals surface area contributed by atoms with Crippen molar-refractivity contribution in [1.82, 2.24) is 4.98 Å². The van der Waals surface area contributed by atoms with Gasteiger partial charge in [0, 0.05) is 36.2 Å². The largest absolute Gasteiger partial charge is 0.480 e. The van der Waals surface area contributed by atoms with Crippen molar-refractivity contribution in [3.8, 4) is 17.0 Å². The van der Waals surface area contributed by atoms with Gasteiger partial charge in [0.15, 0.2) is 0 Å². The lowest BCUT2D eigenvalue weighted by molar-refractivity contribution is 0.102. The summed E-state index contributed by atoms with van der Waals surface area (Å²) < 4.78 is 60.5. The summed E-state index contributed by atoms with van der Waals surface area (Å²) in [7, 11) is -1.46. The van der Waals surface area contributed by atoms with Crippen molar-refractivity contribution in [2.45, 2.75) is 4.90 Å². The van der Waals surface area contributed by atoms with E-state index in [1.54, 1.807) is 49.5 Å². The number of ether oxygens (including phenoxy) is 1. The molecule has 0 aliphatic heterocycles. The molecule has 1 aromatic heterocycles. The lowest BCUT2D eigenvalue weighted by Crippen LogP contribution is -2.16. The molecule has 11 heteroatoms. The maximum Gasteiger partial charge on any atom is 0.264 e. The summed E-state index contributed by atoms with van der Waals surface area (Å²) in [4.78, 5) is 16.4. The molecule has 3 aromatic carbocycles. The number of rotatable bonds is 8. The van der Waals surface area contributed by atoms with Crippen LogP contribution in [-0.2, 0) is 10.0 Å². The van der Waals surface area contributed by atoms with Crippen molar-refractivity contribution in [3.05, 3.63) is 96.2 Å². The normalized spacial score (nSPS) is 11.0. The molecule has 0 spiro atoms. The van der Waals surface area contributed by atoms with E-state index in [2.05, 4.69) is 20.3 Å². The maximum atomic E-state index is 14.2. The molecule has 0 aliphatic rings. The Hall–Kier alpha value is -4.51. The third-order valence-corrected chi connectivity index (χ3v) is 6.77. The van der Waals surface area contributed by atoms with Crippen LogP contribution in [-0.4, -0.2) is 33.5 Å². The molecule has 1 amide bonds. The van der Waals surface area contributed by atoms with Crippen LogP contribution in [0.25, 0.3) is 11.1 Å². The summed E-state index contributed by atoms with van der Waals surface area (Å²) in [6.45, 7) is 0. The molecule has 4 rings (SSSR count). The molecule has 8 nitrogen and oxygen atoms in total. The van der Waals surface area contributed by atoms with Gasteiger partial charge >= 0.3 is 0 Å². The molecule has 1 heterocycles. The second kappa shape index (κ2) is 10.6. The predicted octanol–water partition coefficient (Wildman–Crippen LogP) is 5.13. The van der Waals surface area contributed by atoms with E-state index in [9.17, 15) is 22.0 Å². The molecule has 0 fully saturated rings. The Morgan fingerprint density at radius 2 is 1.68 bits per heavy atom. The molecule has 0 radical (unpaired) electrons. The lowest BCUT2D eigenvalue weighted by atomic mass is 10.0. The van der Waals surface area contributed by atoms with Gasteiger partial charge < -0.3 is 15.4 Å². The molecule has 0 aliphatic carbocycles. The summed E-state index contributed by atoms with van der Waals surface area (Å²) in [6, 6.07) is 17.6. The van der Waals surface area contributed by atoms with E-state index in [1.165, 1.54) is 19.4 Å². The van der Waals surface area contributed by atoms with Crippen LogP contribution >= 0.6 is 0 Å². The van der Waals surface area contributed by atoms with Gasteiger partial charge in [-0.1, -0.05) is 24.3 Å². The van der Waals surface area contributed by atoms with Crippen molar-refractivity contribution in [2.24, 2.45) is 0 Å². The number of anilines is 3. The number of aromatic nitrogens is 1. The number of amides is 1. The standard InChI is InChI=1S/C26H22F2N4O4S/c1-29-22-10-8-16(12-20(22)25(33)31-19-6-4-3-5-7-19)17-13-23(26(36-2)30-15-17)32-37(34,35)24-11-9-18(27)14-21(24)28/h3-15,29,32H,1-2H3,(H,31,33). The van der Waals surface area contributed by atoms with Gasteiger partial charge in [-0.05, 0) is 48.0 Å². The van der Waals surface area contributed by atoms with Crippen LogP contribution in [0.15, 0.2) is 83.9 Å². The first-order chi connectivity index (χ1) is 17.7. The second-order valence-electron chi connectivity index (χ2n) is 7.79. The number of pyridine rings is 1. The van der Waals surface area contributed by atoms with Crippen LogP contribution < -0.4 is 20.1 Å². The topological polar surface area (TPSA) is 109 Å². The fourth-order valence-electron chi connectivity index (χ4n) is 3.59. The molecule has 0 bridgehead atoms. The average Bonchev–Trinajstić information content (AvgIpc) is 2.88. The summed E-state index contributed by atoms with van der Waals surface area (Å²) in [5.74, 6) is -2.57. The van der Waals surface area contributed by atoms with Gasteiger partial charge in [-0.2, -0.15) is 0 Å². The number of carbonyl (C=O) groups is 1. The van der Waals surface area contributed by atoms with E-state index >= 15 is 0 Å². The zero-order valence-electron chi connectivity index (χ0n) is 19.7. The number of hydrogen-bond acceptors (Lipinski definition) is 6. The third-order valence-electron chi connectivity index (χ3n) is 5.37. The SMILES string of the molecule is CNc1ccc(-c2cnc(OC)c(NS(=O)(=O)c3ccc(F)cc3F)c2)cc1C(=O)Nc1ccccc1. The number of sulfonamides is 1. The van der Waals surface area contributed by atoms with E-state index in [-0.39, 0.29) is 17.5 Å². The number of methoxy groups -OCH3 is 1. The highest BCUT2D eigenvalue weighted by Gasteiger charge is 2.22. The van der Waals surface area contributed by atoms with E-state index in [0.29, 0.717) is 34.1 Å². The quantitative estimate of drug-likeness (QED) is 0.295. The molecule has 0 unspecified atom stereocenters. The van der Waals surface area contributed by atoms with Gasteiger partial charge in [-0.25, -0.2) is 22.2 Å². The number of halogens is 2. The minimum Gasteiger partial charge on any atom is -0.480 e. The van der Waals surface area contributed by atoms with Crippen LogP contribution in [0.1, 0.15) is 10.4 Å². The zero-order chi connectivity index (χ0) is 26.6. The van der Waals surface area contributed by atoms with Crippen molar-refractivity contribution >= 4 is 33.0 Å². The lowest BCUT2D eigenvalue weighted by Gasteiger charge is -2.15. The highest BCUT2D eigenvalue weighted by molar-refractivity contribution is 7.92. The number of carbonyl (C=O) groups excluding carboxylic acids is 1. The minimum atomic E-state index is -4.44. The fraction of sp³-hybridized carbons (Fsp3) is 0.0769. The predicted molar refractivity (Wildman–Crippen MR) is 137 cm³/mol. The Kier molecular flexibility index (Phi) is 7.35. The number of nitrogens with zero attached hydrogens (tertiary/aromatic N) is 1. The van der Waals surface area contributed by atoms with Crippen LogP contribution in [0.4, 0.5) is 25.8 Å². The summed E-state index contributed by atoms with van der Waals surface area (Å²) in [5, 5.41) is 5.81. The smallest absolute Gasteiger partial charge is 0.264 e. The number of benzene rings is 3. The molecule has 3 N–H and O–H groups in total. The highest BCUT2D eigenvalue weighted by Crippen LogP contribution is 2.32. The molecule has 37 heavy (non-hydrogen) atoms. The summed E-state index contributed by atoms with van der Waals surface area (Å²) in [6.07, 6.45) is 1.45. The first kappa shape index (κ1) is 25.6. The summed E-state index contributed by atoms with van der Waals surface area (Å²) in [5.41, 5.74) is 2.48. The average molecular weight is 525 g/mol. The van der Waals surface area contributed by atoms with Gasteiger partial charge in [-0.15, -0.1) is 0 Å². The van der Waals surface area contributed by atoms with E-state index < -0.39 is 26.6 Å². The van der Waals surface area contributed by atoms with Gasteiger partial charge in [0.1, 0.15) is 22.2 Å². The van der Waals surface area contributed by atoms with E-state index in [0.717, 1.165) is 12.1 Å². The van der Waals surface area contributed by atoms with Crippen LogP contribution in [0.3, 0.4) is 0 Å². The van der Waals surface area contributed by atoms with Gasteiger partial charge in [0.25, 0.3) is 15.9 Å². The first-order valence-corrected chi connectivity index (χ1v) is 12.4. The Labute approximate surface area is 212 Å². The molecule has 0 saturated heterocycles. The molecule has 190 valence electrons. The van der Waals surface area contributed by atoms with Crippen molar-refractivity contribution in [3.63, 3.8) is 0 Å². The Bertz CT molecular complexity index is 1560. The molecular formula is C26H22F2N4O4S. The maximum absolute atomic E-state index is 14.2. The van der Waals surface area contributed by atoms with Crippen LogP contribution in [0, 0.1) is 11.6 Å². The van der Waals surface area contributed by atoms with E-state index in [1.807, 2.05) is 6.07 Å². The monoisotopic (exact) mass is 524 g/mol. The number of para-hydroxylation sites is 1. The molecule has 0 atom stereocenters.